The van der Waals surface area contributed by atoms with Crippen molar-refractivity contribution >= 4 is 10.0 Å². The number of methoxy groups -OCH3 is 1. The van der Waals surface area contributed by atoms with Gasteiger partial charge in [-0.2, -0.15) is 0 Å². The second kappa shape index (κ2) is 7.61. The summed E-state index contributed by atoms with van der Waals surface area (Å²) in [5, 5.41) is 0. The predicted octanol–water partition coefficient (Wildman–Crippen LogP) is 1.31. The Labute approximate surface area is 138 Å². The molecule has 1 unspecified atom stereocenters. The van der Waals surface area contributed by atoms with Crippen LogP contribution in [0.5, 0.6) is 5.75 Å². The highest BCUT2D eigenvalue weighted by molar-refractivity contribution is 7.89. The first-order chi connectivity index (χ1) is 10.8. The van der Waals surface area contributed by atoms with Crippen molar-refractivity contribution < 1.29 is 17.9 Å². The molecule has 0 amide bonds. The van der Waals surface area contributed by atoms with Crippen LogP contribution in [0.4, 0.5) is 0 Å². The van der Waals surface area contributed by atoms with Crippen molar-refractivity contribution in [1.82, 2.24) is 9.62 Å². The number of nitrogens with one attached hydrogen (secondary N) is 1. The van der Waals surface area contributed by atoms with Crippen LogP contribution in [0.1, 0.15) is 17.5 Å². The third-order valence-corrected chi connectivity index (χ3v) is 5.69. The van der Waals surface area contributed by atoms with Crippen molar-refractivity contribution in [3.05, 3.63) is 23.3 Å². The Morgan fingerprint density at radius 2 is 2.09 bits per heavy atom. The van der Waals surface area contributed by atoms with Gasteiger partial charge in [0, 0.05) is 19.6 Å². The molecule has 23 heavy (non-hydrogen) atoms. The lowest BCUT2D eigenvalue weighted by atomic mass is 10.1. The fourth-order valence-corrected chi connectivity index (χ4v) is 4.10. The first-order valence-electron chi connectivity index (χ1n) is 7.78. The lowest BCUT2D eigenvalue weighted by molar-refractivity contribution is -0.0222. The SMILES string of the molecule is COc1cc(C)c(S(=O)(=O)NCCC2CN(C)CCO2)cc1C. The van der Waals surface area contributed by atoms with Gasteiger partial charge in [-0.3, -0.25) is 0 Å². The second-order valence-electron chi connectivity index (χ2n) is 6.03. The third-order valence-electron chi connectivity index (χ3n) is 4.08. The molecule has 1 aromatic rings. The molecule has 0 spiro atoms. The molecule has 1 fully saturated rings. The van der Waals surface area contributed by atoms with Gasteiger partial charge < -0.3 is 14.4 Å². The molecule has 1 aliphatic rings. The van der Waals surface area contributed by atoms with E-state index in [2.05, 4.69) is 9.62 Å². The van der Waals surface area contributed by atoms with E-state index >= 15 is 0 Å². The van der Waals surface area contributed by atoms with E-state index in [1.54, 1.807) is 26.2 Å². The Kier molecular flexibility index (Phi) is 6.02. The maximum atomic E-state index is 12.5. The number of nitrogens with zero attached hydrogens (tertiary/aromatic N) is 1. The minimum atomic E-state index is -3.53. The van der Waals surface area contributed by atoms with Gasteiger partial charge in [0.15, 0.2) is 0 Å². The molecule has 6 nitrogen and oxygen atoms in total. The van der Waals surface area contributed by atoms with E-state index in [1.165, 1.54) is 0 Å². The zero-order valence-electron chi connectivity index (χ0n) is 14.3. The summed E-state index contributed by atoms with van der Waals surface area (Å²) in [6.07, 6.45) is 0.743. The summed E-state index contributed by atoms with van der Waals surface area (Å²) in [6, 6.07) is 3.41. The smallest absolute Gasteiger partial charge is 0.240 e. The van der Waals surface area contributed by atoms with Crippen LogP contribution in [0.15, 0.2) is 17.0 Å². The van der Waals surface area contributed by atoms with Gasteiger partial charge in [-0.05, 0) is 50.6 Å². The van der Waals surface area contributed by atoms with Gasteiger partial charge in [-0.1, -0.05) is 0 Å². The summed E-state index contributed by atoms with van der Waals surface area (Å²) in [5.41, 5.74) is 1.48. The van der Waals surface area contributed by atoms with E-state index in [0.29, 0.717) is 35.8 Å². The van der Waals surface area contributed by atoms with E-state index in [9.17, 15) is 8.42 Å². The van der Waals surface area contributed by atoms with Crippen LogP contribution >= 0.6 is 0 Å². The first-order valence-corrected chi connectivity index (χ1v) is 9.27. The van der Waals surface area contributed by atoms with Gasteiger partial charge in [-0.25, -0.2) is 13.1 Å². The summed E-state index contributed by atoms with van der Waals surface area (Å²) in [5.74, 6) is 0.695. The molecule has 1 aromatic carbocycles. The molecule has 0 aromatic heterocycles. The highest BCUT2D eigenvalue weighted by Crippen LogP contribution is 2.25. The van der Waals surface area contributed by atoms with E-state index in [0.717, 1.165) is 18.7 Å². The summed E-state index contributed by atoms with van der Waals surface area (Å²) < 4.78 is 38.6. The van der Waals surface area contributed by atoms with E-state index in [-0.39, 0.29) is 6.10 Å². The molecule has 0 bridgehead atoms. The third kappa shape index (κ3) is 4.67. The fraction of sp³-hybridized carbons (Fsp3) is 0.625. The minimum absolute atomic E-state index is 0.0788. The zero-order valence-corrected chi connectivity index (χ0v) is 15.1. The summed E-state index contributed by atoms with van der Waals surface area (Å²) in [6.45, 7) is 6.43. The Balaban J connectivity index is 2.00. The molecule has 7 heteroatoms. The van der Waals surface area contributed by atoms with Crippen LogP contribution in [0, 0.1) is 13.8 Å². The average molecular weight is 342 g/mol. The van der Waals surface area contributed by atoms with Crippen LogP contribution in [0.2, 0.25) is 0 Å². The van der Waals surface area contributed by atoms with Gasteiger partial charge in [-0.15, -0.1) is 0 Å². The van der Waals surface area contributed by atoms with Crippen molar-refractivity contribution in [2.45, 2.75) is 31.3 Å². The van der Waals surface area contributed by atoms with Crippen LogP contribution in [-0.2, 0) is 14.8 Å². The van der Waals surface area contributed by atoms with Crippen LogP contribution in [0.3, 0.4) is 0 Å². The van der Waals surface area contributed by atoms with Crippen molar-refractivity contribution in [2.24, 2.45) is 0 Å². The molecule has 0 aliphatic carbocycles. The number of hydrogen-bond donors (Lipinski definition) is 1. The molecular formula is C16H26N2O4S. The quantitative estimate of drug-likeness (QED) is 0.844. The number of benzene rings is 1. The molecule has 2 rings (SSSR count). The van der Waals surface area contributed by atoms with Gasteiger partial charge >= 0.3 is 0 Å². The zero-order chi connectivity index (χ0) is 17.0. The predicted molar refractivity (Wildman–Crippen MR) is 89.5 cm³/mol. The second-order valence-corrected chi connectivity index (χ2v) is 7.76. The Hall–Kier alpha value is -1.15. The number of ether oxygens (including phenoxy) is 2. The van der Waals surface area contributed by atoms with E-state index in [1.807, 2.05) is 14.0 Å². The fourth-order valence-electron chi connectivity index (χ4n) is 2.75. The van der Waals surface area contributed by atoms with E-state index in [4.69, 9.17) is 9.47 Å². The van der Waals surface area contributed by atoms with Crippen molar-refractivity contribution in [3.8, 4) is 5.75 Å². The van der Waals surface area contributed by atoms with Crippen LogP contribution in [-0.4, -0.2) is 59.8 Å². The number of sulfonamides is 1. The summed E-state index contributed by atoms with van der Waals surface area (Å²) >= 11 is 0. The van der Waals surface area contributed by atoms with Gasteiger partial charge in [0.1, 0.15) is 5.75 Å². The van der Waals surface area contributed by atoms with Crippen molar-refractivity contribution in [2.75, 3.05) is 40.4 Å². The summed E-state index contributed by atoms with van der Waals surface area (Å²) in [4.78, 5) is 2.50. The topological polar surface area (TPSA) is 67.9 Å². The van der Waals surface area contributed by atoms with Crippen LogP contribution in [0.25, 0.3) is 0 Å². The van der Waals surface area contributed by atoms with Crippen molar-refractivity contribution in [1.29, 1.82) is 0 Å². The maximum absolute atomic E-state index is 12.5. The molecule has 1 aliphatic heterocycles. The normalized spacial score (nSPS) is 19.7. The van der Waals surface area contributed by atoms with Gasteiger partial charge in [0.25, 0.3) is 0 Å². The van der Waals surface area contributed by atoms with Gasteiger partial charge in [0.05, 0.1) is 24.7 Å². The number of morpholine rings is 1. The molecule has 0 saturated carbocycles. The van der Waals surface area contributed by atoms with E-state index < -0.39 is 10.0 Å². The molecule has 1 saturated heterocycles. The first kappa shape index (κ1) is 18.2. The number of hydrogen-bond acceptors (Lipinski definition) is 5. The largest absolute Gasteiger partial charge is 0.496 e. The number of rotatable bonds is 6. The Bertz CT molecular complexity index is 646. The molecule has 1 heterocycles. The van der Waals surface area contributed by atoms with Gasteiger partial charge in [0.2, 0.25) is 10.0 Å². The molecule has 1 N–H and O–H groups in total. The van der Waals surface area contributed by atoms with Crippen LogP contribution < -0.4 is 9.46 Å². The lowest BCUT2D eigenvalue weighted by Gasteiger charge is -2.30. The molecule has 130 valence electrons. The number of aryl methyl sites for hydroxylation is 2. The maximum Gasteiger partial charge on any atom is 0.240 e. The Morgan fingerprint density at radius 3 is 2.74 bits per heavy atom. The average Bonchev–Trinajstić information content (AvgIpc) is 2.49. The highest BCUT2D eigenvalue weighted by Gasteiger charge is 2.21. The standard InChI is InChI=1S/C16H26N2O4S/c1-12-10-16(13(2)9-15(12)21-4)23(19,20)17-6-5-14-11-18(3)7-8-22-14/h9-10,14,17H,5-8,11H2,1-4H3. The molecular weight excluding hydrogens is 316 g/mol. The summed E-state index contributed by atoms with van der Waals surface area (Å²) in [7, 11) is 0.0961. The monoisotopic (exact) mass is 342 g/mol. The molecule has 1 atom stereocenters. The number of likely N-dealkylation sites (N-methyl/N-ethyl adjacent to an activating group) is 1. The molecule has 0 radical (unpaired) electrons. The highest BCUT2D eigenvalue weighted by atomic mass is 32.2. The Morgan fingerprint density at radius 1 is 1.35 bits per heavy atom. The minimum Gasteiger partial charge on any atom is -0.496 e. The lowest BCUT2D eigenvalue weighted by Crippen LogP contribution is -2.41. The van der Waals surface area contributed by atoms with Crippen molar-refractivity contribution in [3.63, 3.8) is 0 Å².